The number of rotatable bonds is 5. The van der Waals surface area contributed by atoms with Crippen molar-refractivity contribution < 1.29 is 4.39 Å². The lowest BCUT2D eigenvalue weighted by Crippen LogP contribution is -2.18. The van der Waals surface area contributed by atoms with E-state index in [0.717, 1.165) is 23.5 Å². The number of para-hydroxylation sites is 1. The third-order valence-electron chi connectivity index (χ3n) is 3.36. The van der Waals surface area contributed by atoms with Crippen molar-refractivity contribution in [2.24, 2.45) is 0 Å². The molecule has 0 aliphatic rings. The van der Waals surface area contributed by atoms with Gasteiger partial charge in [-0.3, -0.25) is 0 Å². The number of nitrogens with zero attached hydrogens (tertiary/aromatic N) is 1. The van der Waals surface area contributed by atoms with Crippen molar-refractivity contribution in [3.05, 3.63) is 59.4 Å². The molecule has 0 spiro atoms. The van der Waals surface area contributed by atoms with Gasteiger partial charge in [-0.25, -0.2) is 4.39 Å². The molecular weight excluding hydrogens is 251 g/mol. The maximum Gasteiger partial charge on any atom is 0.125 e. The van der Waals surface area contributed by atoms with Crippen LogP contribution in [0.5, 0.6) is 0 Å². The van der Waals surface area contributed by atoms with Crippen molar-refractivity contribution in [1.29, 1.82) is 0 Å². The summed E-state index contributed by atoms with van der Waals surface area (Å²) in [5, 5.41) is 3.06. The first kappa shape index (κ1) is 14.5. The van der Waals surface area contributed by atoms with Crippen molar-refractivity contribution in [3.63, 3.8) is 0 Å². The van der Waals surface area contributed by atoms with Gasteiger partial charge in [0, 0.05) is 24.5 Å². The lowest BCUT2D eigenvalue weighted by Gasteiger charge is -2.25. The molecule has 20 heavy (non-hydrogen) atoms. The zero-order valence-electron chi connectivity index (χ0n) is 12.3. The molecule has 2 nitrogen and oxygen atoms in total. The summed E-state index contributed by atoms with van der Waals surface area (Å²) in [4.78, 5) is 2.14. The number of hydrogen-bond acceptors (Lipinski definition) is 2. The molecule has 0 amide bonds. The van der Waals surface area contributed by atoms with E-state index in [2.05, 4.69) is 36.2 Å². The highest BCUT2D eigenvalue weighted by molar-refractivity contribution is 5.66. The van der Waals surface area contributed by atoms with Crippen molar-refractivity contribution in [2.75, 3.05) is 18.5 Å². The summed E-state index contributed by atoms with van der Waals surface area (Å²) in [7, 11) is 1.86. The maximum absolute atomic E-state index is 13.8. The molecule has 3 heteroatoms. The smallest absolute Gasteiger partial charge is 0.125 e. The number of benzene rings is 2. The topological polar surface area (TPSA) is 15.3 Å². The Labute approximate surface area is 120 Å². The average molecular weight is 272 g/mol. The van der Waals surface area contributed by atoms with Gasteiger partial charge in [0.15, 0.2) is 0 Å². The molecule has 0 unspecified atom stereocenters. The summed E-state index contributed by atoms with van der Waals surface area (Å²) >= 11 is 0. The summed E-state index contributed by atoms with van der Waals surface area (Å²) in [6.07, 6.45) is 0. The average Bonchev–Trinajstić information content (AvgIpc) is 2.41. The van der Waals surface area contributed by atoms with Gasteiger partial charge >= 0.3 is 0 Å². The summed E-state index contributed by atoms with van der Waals surface area (Å²) < 4.78 is 13.8. The summed E-state index contributed by atoms with van der Waals surface area (Å²) in [5.41, 5.74) is 4.16. The highest BCUT2D eigenvalue weighted by Gasteiger charge is 2.11. The highest BCUT2D eigenvalue weighted by atomic mass is 19.1. The Kier molecular flexibility index (Phi) is 4.74. The van der Waals surface area contributed by atoms with Crippen LogP contribution in [0.25, 0.3) is 0 Å². The maximum atomic E-state index is 13.8. The fourth-order valence-corrected chi connectivity index (χ4v) is 2.45. The fourth-order valence-electron chi connectivity index (χ4n) is 2.45. The minimum absolute atomic E-state index is 0.195. The number of aryl methyl sites for hydroxylation is 1. The first-order chi connectivity index (χ1) is 9.65. The molecular formula is C17H21FN2. The second kappa shape index (κ2) is 6.53. The summed E-state index contributed by atoms with van der Waals surface area (Å²) in [6, 6.07) is 13.4. The summed E-state index contributed by atoms with van der Waals surface area (Å²) in [5.74, 6) is -0.195. The molecule has 0 fully saturated rings. The molecule has 0 bridgehead atoms. The fraction of sp³-hybridized carbons (Fsp3) is 0.294. The van der Waals surface area contributed by atoms with Crippen LogP contribution in [0.15, 0.2) is 42.5 Å². The van der Waals surface area contributed by atoms with E-state index < -0.39 is 0 Å². The Morgan fingerprint density at radius 2 is 1.90 bits per heavy atom. The van der Waals surface area contributed by atoms with Crippen molar-refractivity contribution in [2.45, 2.75) is 20.4 Å². The zero-order valence-corrected chi connectivity index (χ0v) is 12.3. The van der Waals surface area contributed by atoms with Gasteiger partial charge in [-0.15, -0.1) is 0 Å². The Morgan fingerprint density at radius 1 is 1.15 bits per heavy atom. The molecule has 0 heterocycles. The van der Waals surface area contributed by atoms with E-state index in [0.29, 0.717) is 6.54 Å². The monoisotopic (exact) mass is 272 g/mol. The molecule has 0 aromatic heterocycles. The first-order valence-electron chi connectivity index (χ1n) is 6.93. The van der Waals surface area contributed by atoms with E-state index in [-0.39, 0.29) is 5.82 Å². The number of anilines is 2. The van der Waals surface area contributed by atoms with Gasteiger partial charge < -0.3 is 10.2 Å². The van der Waals surface area contributed by atoms with Crippen LogP contribution in [0.3, 0.4) is 0 Å². The molecule has 106 valence electrons. The molecule has 0 aliphatic heterocycles. The summed E-state index contributed by atoms with van der Waals surface area (Å²) in [6.45, 7) is 5.62. The van der Waals surface area contributed by atoms with E-state index in [9.17, 15) is 4.39 Å². The number of halogens is 1. The van der Waals surface area contributed by atoms with Crippen molar-refractivity contribution in [3.8, 4) is 0 Å². The number of hydrogen-bond donors (Lipinski definition) is 1. The van der Waals surface area contributed by atoms with E-state index in [1.807, 2.05) is 25.2 Å². The molecule has 0 saturated carbocycles. The molecule has 0 saturated heterocycles. The Morgan fingerprint density at radius 3 is 2.55 bits per heavy atom. The van der Waals surface area contributed by atoms with Crippen LogP contribution in [0.1, 0.15) is 18.1 Å². The molecule has 2 aromatic carbocycles. The zero-order chi connectivity index (χ0) is 14.5. The van der Waals surface area contributed by atoms with Crippen LogP contribution in [-0.2, 0) is 6.54 Å². The Balaban J connectivity index is 2.44. The van der Waals surface area contributed by atoms with Gasteiger partial charge in [0.05, 0.1) is 0 Å². The second-order valence-electron chi connectivity index (χ2n) is 4.88. The van der Waals surface area contributed by atoms with Gasteiger partial charge in [0.25, 0.3) is 0 Å². The van der Waals surface area contributed by atoms with Crippen LogP contribution in [-0.4, -0.2) is 13.6 Å². The largest absolute Gasteiger partial charge is 0.341 e. The van der Waals surface area contributed by atoms with Crippen LogP contribution < -0.4 is 10.2 Å². The third-order valence-corrected chi connectivity index (χ3v) is 3.36. The molecule has 0 radical (unpaired) electrons. The van der Waals surface area contributed by atoms with Crippen LogP contribution >= 0.6 is 0 Å². The molecule has 2 rings (SSSR count). The van der Waals surface area contributed by atoms with E-state index in [1.165, 1.54) is 5.56 Å². The quantitative estimate of drug-likeness (QED) is 0.884. The van der Waals surface area contributed by atoms with Gasteiger partial charge in [0.2, 0.25) is 0 Å². The van der Waals surface area contributed by atoms with E-state index >= 15 is 0 Å². The third kappa shape index (κ3) is 3.17. The predicted octanol–water partition coefficient (Wildman–Crippen LogP) is 4.01. The van der Waals surface area contributed by atoms with Crippen LogP contribution in [0, 0.1) is 12.7 Å². The second-order valence-corrected chi connectivity index (χ2v) is 4.88. The Bertz CT molecular complexity index is 581. The van der Waals surface area contributed by atoms with E-state index in [1.54, 1.807) is 12.1 Å². The standard InChI is InChI=1S/C17H21FN2/c1-4-20(17-8-6-5-7-13(17)2)16-10-14(12-19-3)9-15(18)11-16/h5-11,19H,4,12H2,1-3H3. The van der Waals surface area contributed by atoms with E-state index in [4.69, 9.17) is 0 Å². The molecule has 0 atom stereocenters. The highest BCUT2D eigenvalue weighted by Crippen LogP contribution is 2.29. The predicted molar refractivity (Wildman–Crippen MR) is 83.0 cm³/mol. The van der Waals surface area contributed by atoms with Gasteiger partial charge in [-0.2, -0.15) is 0 Å². The van der Waals surface area contributed by atoms with Gasteiger partial charge in [-0.1, -0.05) is 18.2 Å². The van der Waals surface area contributed by atoms with Crippen molar-refractivity contribution in [1.82, 2.24) is 5.32 Å². The van der Waals surface area contributed by atoms with Gasteiger partial charge in [-0.05, 0) is 56.3 Å². The SMILES string of the molecule is CCN(c1cc(F)cc(CNC)c1)c1ccccc1C. The molecule has 0 aliphatic carbocycles. The minimum atomic E-state index is -0.195. The Hall–Kier alpha value is -1.87. The first-order valence-corrected chi connectivity index (χ1v) is 6.93. The van der Waals surface area contributed by atoms with Gasteiger partial charge in [0.1, 0.15) is 5.82 Å². The normalized spacial score (nSPS) is 10.6. The van der Waals surface area contributed by atoms with Crippen LogP contribution in [0.2, 0.25) is 0 Å². The molecule has 2 aromatic rings. The minimum Gasteiger partial charge on any atom is -0.341 e. The van der Waals surface area contributed by atoms with Crippen LogP contribution in [0.4, 0.5) is 15.8 Å². The van der Waals surface area contributed by atoms with Crippen molar-refractivity contribution >= 4 is 11.4 Å². The molecule has 1 N–H and O–H groups in total. The number of nitrogens with one attached hydrogen (secondary N) is 1. The lowest BCUT2D eigenvalue weighted by atomic mass is 10.1. The lowest BCUT2D eigenvalue weighted by molar-refractivity contribution is 0.623.